The van der Waals surface area contributed by atoms with Gasteiger partial charge < -0.3 is 10.4 Å². The number of hydrogen-bond donors (Lipinski definition) is 2. The van der Waals surface area contributed by atoms with Gasteiger partial charge in [0, 0.05) is 12.8 Å². The van der Waals surface area contributed by atoms with Gasteiger partial charge in [-0.3, -0.25) is 0 Å². The van der Waals surface area contributed by atoms with Crippen molar-refractivity contribution in [2.45, 2.75) is 24.7 Å². The zero-order chi connectivity index (χ0) is 14.0. The molecule has 1 atom stereocenters. The molecule has 0 saturated heterocycles. The van der Waals surface area contributed by atoms with E-state index in [2.05, 4.69) is 5.32 Å². The lowest BCUT2D eigenvalue weighted by Crippen LogP contribution is -2.28. The Hall–Kier alpha value is -0.910. The van der Waals surface area contributed by atoms with Gasteiger partial charge in [-0.2, -0.15) is 0 Å². The van der Waals surface area contributed by atoms with E-state index in [1.54, 1.807) is 45.2 Å². The number of sulfone groups is 1. The molecule has 0 aliphatic heterocycles. The van der Waals surface area contributed by atoms with Gasteiger partial charge in [-0.05, 0) is 32.0 Å². The summed E-state index contributed by atoms with van der Waals surface area (Å²) >= 11 is 0. The van der Waals surface area contributed by atoms with Crippen LogP contribution >= 0.6 is 0 Å². The Bertz CT molecular complexity index is 491. The molecule has 0 fully saturated rings. The molecule has 0 amide bonds. The van der Waals surface area contributed by atoms with Crippen molar-refractivity contribution >= 4 is 9.84 Å². The molecule has 0 aliphatic rings. The summed E-state index contributed by atoms with van der Waals surface area (Å²) in [6.45, 7) is 3.83. The van der Waals surface area contributed by atoms with Gasteiger partial charge >= 0.3 is 0 Å². The SMILES string of the molecule is CNCC(O)c1ccc(C(C)(C)S(C)(=O)=O)cc1. The van der Waals surface area contributed by atoms with Gasteiger partial charge in [0.1, 0.15) is 0 Å². The van der Waals surface area contributed by atoms with Crippen molar-refractivity contribution in [3.05, 3.63) is 35.4 Å². The molecule has 1 aromatic rings. The highest BCUT2D eigenvalue weighted by Crippen LogP contribution is 2.29. The second-order valence-electron chi connectivity index (χ2n) is 4.98. The second kappa shape index (κ2) is 5.38. The average molecular weight is 271 g/mol. The predicted molar refractivity (Wildman–Crippen MR) is 73.2 cm³/mol. The Kier molecular flexibility index (Phi) is 4.53. The van der Waals surface area contributed by atoms with Crippen molar-refractivity contribution < 1.29 is 13.5 Å². The first-order valence-corrected chi connectivity index (χ1v) is 7.72. The van der Waals surface area contributed by atoms with E-state index in [4.69, 9.17) is 0 Å². The molecule has 0 heterocycles. The molecule has 1 rings (SSSR count). The van der Waals surface area contributed by atoms with Gasteiger partial charge in [-0.25, -0.2) is 8.42 Å². The van der Waals surface area contributed by atoms with E-state index in [1.807, 2.05) is 0 Å². The minimum atomic E-state index is -3.17. The van der Waals surface area contributed by atoms with Gasteiger partial charge in [0.2, 0.25) is 0 Å². The number of hydrogen-bond acceptors (Lipinski definition) is 4. The summed E-state index contributed by atoms with van der Waals surface area (Å²) in [7, 11) is -1.41. The highest BCUT2D eigenvalue weighted by atomic mass is 32.2. The van der Waals surface area contributed by atoms with Crippen molar-refractivity contribution in [3.63, 3.8) is 0 Å². The van der Waals surface area contributed by atoms with Crippen LogP contribution in [0.1, 0.15) is 31.1 Å². The molecule has 0 spiro atoms. The standard InChI is InChI=1S/C13H21NO3S/c1-13(2,18(4,16)17)11-7-5-10(6-8-11)12(15)9-14-3/h5-8,12,14-15H,9H2,1-4H3. The molecular weight excluding hydrogens is 250 g/mol. The summed E-state index contributed by atoms with van der Waals surface area (Å²) in [5.74, 6) is 0. The first-order valence-electron chi connectivity index (χ1n) is 5.83. The maximum Gasteiger partial charge on any atom is 0.156 e. The first-order chi connectivity index (χ1) is 8.20. The number of benzene rings is 1. The second-order valence-corrected chi connectivity index (χ2v) is 7.54. The Morgan fingerprint density at radius 1 is 1.28 bits per heavy atom. The first kappa shape index (κ1) is 15.1. The molecule has 5 heteroatoms. The lowest BCUT2D eigenvalue weighted by atomic mass is 9.99. The fourth-order valence-corrected chi connectivity index (χ4v) is 2.20. The van der Waals surface area contributed by atoms with Crippen LogP contribution in [0.15, 0.2) is 24.3 Å². The number of aliphatic hydroxyl groups is 1. The topological polar surface area (TPSA) is 66.4 Å². The summed E-state index contributed by atoms with van der Waals surface area (Å²) in [6, 6.07) is 7.05. The molecule has 0 radical (unpaired) electrons. The van der Waals surface area contributed by atoms with E-state index in [0.29, 0.717) is 6.54 Å². The highest BCUT2D eigenvalue weighted by Gasteiger charge is 2.32. The molecule has 0 saturated carbocycles. The lowest BCUT2D eigenvalue weighted by Gasteiger charge is -2.23. The van der Waals surface area contributed by atoms with Crippen LogP contribution < -0.4 is 5.32 Å². The molecule has 18 heavy (non-hydrogen) atoms. The van der Waals surface area contributed by atoms with E-state index in [1.165, 1.54) is 6.26 Å². The van der Waals surface area contributed by atoms with Crippen LogP contribution in [0.3, 0.4) is 0 Å². The summed E-state index contributed by atoms with van der Waals surface area (Å²) in [6.07, 6.45) is 0.655. The molecular formula is C13H21NO3S. The zero-order valence-electron chi connectivity index (χ0n) is 11.3. The van der Waals surface area contributed by atoms with Crippen molar-refractivity contribution in [1.82, 2.24) is 5.32 Å². The normalized spacial score (nSPS) is 14.5. The molecule has 102 valence electrons. The van der Waals surface area contributed by atoms with Crippen LogP contribution in [0.4, 0.5) is 0 Å². The van der Waals surface area contributed by atoms with Gasteiger partial charge in [0.25, 0.3) is 0 Å². The number of rotatable bonds is 5. The summed E-state index contributed by atoms with van der Waals surface area (Å²) in [5.41, 5.74) is 1.50. The van der Waals surface area contributed by atoms with Crippen LogP contribution in [0.25, 0.3) is 0 Å². The van der Waals surface area contributed by atoms with Crippen molar-refractivity contribution in [2.75, 3.05) is 19.8 Å². The Labute approximate surface area is 109 Å². The fourth-order valence-electron chi connectivity index (χ4n) is 1.63. The van der Waals surface area contributed by atoms with Crippen molar-refractivity contribution in [3.8, 4) is 0 Å². The predicted octanol–water partition coefficient (Wildman–Crippen LogP) is 1.22. The van der Waals surface area contributed by atoms with E-state index in [9.17, 15) is 13.5 Å². The minimum Gasteiger partial charge on any atom is -0.387 e. The van der Waals surface area contributed by atoms with Gasteiger partial charge in [-0.1, -0.05) is 24.3 Å². The van der Waals surface area contributed by atoms with Gasteiger partial charge in [-0.15, -0.1) is 0 Å². The summed E-state index contributed by atoms with van der Waals surface area (Å²) < 4.78 is 22.5. The van der Waals surface area contributed by atoms with Crippen LogP contribution in [-0.2, 0) is 14.6 Å². The maximum absolute atomic E-state index is 11.7. The molecule has 1 unspecified atom stereocenters. The van der Waals surface area contributed by atoms with Gasteiger partial charge in [0.05, 0.1) is 10.9 Å². The minimum absolute atomic E-state index is 0.467. The molecule has 0 bridgehead atoms. The number of aliphatic hydroxyl groups excluding tert-OH is 1. The molecule has 1 aromatic carbocycles. The Morgan fingerprint density at radius 2 is 1.78 bits per heavy atom. The van der Waals surface area contributed by atoms with E-state index in [0.717, 1.165) is 11.1 Å². The lowest BCUT2D eigenvalue weighted by molar-refractivity contribution is 0.178. The Morgan fingerprint density at radius 3 is 2.17 bits per heavy atom. The molecule has 0 aliphatic carbocycles. The summed E-state index contributed by atoms with van der Waals surface area (Å²) in [4.78, 5) is 0. The van der Waals surface area contributed by atoms with Crippen molar-refractivity contribution in [1.29, 1.82) is 0 Å². The summed E-state index contributed by atoms with van der Waals surface area (Å²) in [5, 5.41) is 12.7. The quantitative estimate of drug-likeness (QED) is 0.845. The van der Waals surface area contributed by atoms with E-state index >= 15 is 0 Å². The van der Waals surface area contributed by atoms with Crippen LogP contribution in [0, 0.1) is 0 Å². The number of likely N-dealkylation sites (N-methyl/N-ethyl adjacent to an activating group) is 1. The van der Waals surface area contributed by atoms with Crippen LogP contribution in [-0.4, -0.2) is 33.4 Å². The van der Waals surface area contributed by atoms with Crippen LogP contribution in [0.5, 0.6) is 0 Å². The van der Waals surface area contributed by atoms with Crippen LogP contribution in [0.2, 0.25) is 0 Å². The van der Waals surface area contributed by atoms with Crippen molar-refractivity contribution in [2.24, 2.45) is 0 Å². The highest BCUT2D eigenvalue weighted by molar-refractivity contribution is 7.91. The third-order valence-electron chi connectivity index (χ3n) is 3.32. The fraction of sp³-hybridized carbons (Fsp3) is 0.538. The molecule has 4 nitrogen and oxygen atoms in total. The average Bonchev–Trinajstić information content (AvgIpc) is 2.28. The molecule has 0 aromatic heterocycles. The monoisotopic (exact) mass is 271 g/mol. The zero-order valence-corrected chi connectivity index (χ0v) is 12.1. The Balaban J connectivity index is 3.03. The van der Waals surface area contributed by atoms with E-state index < -0.39 is 20.7 Å². The third kappa shape index (κ3) is 3.10. The van der Waals surface area contributed by atoms with Gasteiger partial charge in [0.15, 0.2) is 9.84 Å². The number of nitrogens with one attached hydrogen (secondary N) is 1. The molecule has 2 N–H and O–H groups in total. The third-order valence-corrected chi connectivity index (χ3v) is 5.40. The smallest absolute Gasteiger partial charge is 0.156 e. The largest absolute Gasteiger partial charge is 0.387 e. The maximum atomic E-state index is 11.7. The van der Waals surface area contributed by atoms with E-state index in [-0.39, 0.29) is 0 Å².